The highest BCUT2D eigenvalue weighted by molar-refractivity contribution is 7.99. The third-order valence-electron chi connectivity index (χ3n) is 7.30. The van der Waals surface area contributed by atoms with E-state index in [0.29, 0.717) is 17.4 Å². The van der Waals surface area contributed by atoms with E-state index >= 15 is 0 Å². The maximum Gasteiger partial charge on any atom is 0.224 e. The fraction of sp³-hybridized carbons (Fsp3) is 0.467. The number of rotatable bonds is 13. The topological polar surface area (TPSA) is 75.6 Å². The molecule has 39 heavy (non-hydrogen) atoms. The fourth-order valence-corrected chi connectivity index (χ4v) is 6.92. The van der Waals surface area contributed by atoms with Crippen LogP contribution in [0.3, 0.4) is 0 Å². The minimum Gasteiger partial charge on any atom is -0.369 e. The van der Waals surface area contributed by atoms with Crippen LogP contribution in [0.4, 0.5) is 16.2 Å². The summed E-state index contributed by atoms with van der Waals surface area (Å²) >= 11 is 3.48. The zero-order chi connectivity index (χ0) is 27.4. The molecule has 0 bridgehead atoms. The number of fused-ring (bicyclic) bond motifs is 1. The Balaban J connectivity index is 1.33. The Bertz CT molecular complexity index is 1430. The molecule has 9 heteroatoms. The Morgan fingerprint density at radius 2 is 1.95 bits per heavy atom. The zero-order valence-electron chi connectivity index (χ0n) is 23.2. The summed E-state index contributed by atoms with van der Waals surface area (Å²) in [5, 5.41) is 8.03. The van der Waals surface area contributed by atoms with E-state index in [1.54, 1.807) is 29.2 Å². The van der Waals surface area contributed by atoms with Gasteiger partial charge in [0.2, 0.25) is 5.95 Å². The molecular formula is C30H37FN6S2. The van der Waals surface area contributed by atoms with Gasteiger partial charge in [0, 0.05) is 29.9 Å². The smallest absolute Gasteiger partial charge is 0.224 e. The highest BCUT2D eigenvalue weighted by Gasteiger charge is 2.23. The number of nitrogens with zero attached hydrogens (tertiary/aromatic N) is 4. The zero-order valence-corrected chi connectivity index (χ0v) is 24.8. The van der Waals surface area contributed by atoms with Crippen LogP contribution in [0, 0.1) is 31.5 Å². The predicted molar refractivity (Wildman–Crippen MR) is 163 cm³/mol. The van der Waals surface area contributed by atoms with Crippen LogP contribution in [0.15, 0.2) is 35.4 Å². The molecule has 5 rings (SSSR count). The summed E-state index contributed by atoms with van der Waals surface area (Å²) in [6.07, 6.45) is 7.38. The fourth-order valence-electron chi connectivity index (χ4n) is 4.59. The molecule has 4 aromatic rings. The van der Waals surface area contributed by atoms with Crippen molar-refractivity contribution in [2.45, 2.75) is 64.7 Å². The number of nitrogens with one attached hydrogen (secondary N) is 2. The maximum atomic E-state index is 13.7. The van der Waals surface area contributed by atoms with Crippen molar-refractivity contribution in [2.75, 3.05) is 29.5 Å². The van der Waals surface area contributed by atoms with E-state index < -0.39 is 0 Å². The second-order valence-corrected chi connectivity index (χ2v) is 12.5. The van der Waals surface area contributed by atoms with Gasteiger partial charge in [0.25, 0.3) is 0 Å². The molecule has 0 aliphatic heterocycles. The van der Waals surface area contributed by atoms with Crippen LogP contribution in [0.2, 0.25) is 0 Å². The molecule has 1 aliphatic carbocycles. The first-order valence-electron chi connectivity index (χ1n) is 13.9. The van der Waals surface area contributed by atoms with Crippen LogP contribution < -0.4 is 10.6 Å². The van der Waals surface area contributed by atoms with Gasteiger partial charge in [0.05, 0.1) is 21.7 Å². The van der Waals surface area contributed by atoms with Crippen LogP contribution in [-0.2, 0) is 6.42 Å². The van der Waals surface area contributed by atoms with E-state index in [4.69, 9.17) is 15.0 Å². The van der Waals surface area contributed by atoms with Gasteiger partial charge in [-0.3, -0.25) is 4.98 Å². The predicted octanol–water partition coefficient (Wildman–Crippen LogP) is 7.91. The van der Waals surface area contributed by atoms with Crippen molar-refractivity contribution in [2.24, 2.45) is 11.8 Å². The molecule has 1 atom stereocenters. The Morgan fingerprint density at radius 1 is 1.10 bits per heavy atom. The third-order valence-corrected chi connectivity index (χ3v) is 9.57. The van der Waals surface area contributed by atoms with Crippen molar-refractivity contribution < 1.29 is 4.39 Å². The number of pyridine rings is 1. The van der Waals surface area contributed by atoms with Gasteiger partial charge >= 0.3 is 0 Å². The van der Waals surface area contributed by atoms with Gasteiger partial charge in [-0.05, 0) is 81.2 Å². The lowest BCUT2D eigenvalue weighted by atomic mass is 10.1. The van der Waals surface area contributed by atoms with Crippen LogP contribution in [0.5, 0.6) is 0 Å². The summed E-state index contributed by atoms with van der Waals surface area (Å²) in [7, 11) is 0. The molecule has 0 radical (unpaired) electrons. The summed E-state index contributed by atoms with van der Waals surface area (Å²) in [6, 6.07) is 7.42. The van der Waals surface area contributed by atoms with Gasteiger partial charge in [-0.1, -0.05) is 20.3 Å². The van der Waals surface area contributed by atoms with Crippen LogP contribution >= 0.6 is 23.1 Å². The van der Waals surface area contributed by atoms with Gasteiger partial charge in [-0.25, -0.2) is 14.4 Å². The average molecular weight is 565 g/mol. The van der Waals surface area contributed by atoms with Gasteiger partial charge in [0.15, 0.2) is 0 Å². The van der Waals surface area contributed by atoms with E-state index in [1.807, 2.05) is 38.2 Å². The second kappa shape index (κ2) is 12.6. The Morgan fingerprint density at radius 3 is 2.69 bits per heavy atom. The van der Waals surface area contributed by atoms with Crippen molar-refractivity contribution in [1.29, 1.82) is 0 Å². The minimum absolute atomic E-state index is 0.146. The second-order valence-electron chi connectivity index (χ2n) is 10.4. The molecule has 1 aliphatic rings. The third kappa shape index (κ3) is 6.87. The normalized spacial score (nSPS) is 14.1. The molecule has 0 unspecified atom stereocenters. The molecule has 0 saturated heterocycles. The number of hydrogen-bond donors (Lipinski definition) is 2. The van der Waals surface area contributed by atoms with E-state index in [0.717, 1.165) is 86.9 Å². The summed E-state index contributed by atoms with van der Waals surface area (Å²) in [4.78, 5) is 20.4. The summed E-state index contributed by atoms with van der Waals surface area (Å²) in [6.45, 7) is 9.94. The maximum absolute atomic E-state index is 13.7. The Labute approximate surface area is 238 Å². The van der Waals surface area contributed by atoms with Gasteiger partial charge in [-0.2, -0.15) is 4.98 Å². The quantitative estimate of drug-likeness (QED) is 0.160. The van der Waals surface area contributed by atoms with Crippen LogP contribution in [0.25, 0.3) is 20.8 Å². The molecular weight excluding hydrogens is 528 g/mol. The van der Waals surface area contributed by atoms with Gasteiger partial charge in [0.1, 0.15) is 22.2 Å². The summed E-state index contributed by atoms with van der Waals surface area (Å²) in [5.74, 6) is 3.64. The number of thiazole rings is 1. The summed E-state index contributed by atoms with van der Waals surface area (Å²) < 4.78 is 14.8. The minimum atomic E-state index is -0.146. The van der Waals surface area contributed by atoms with Crippen molar-refractivity contribution in [1.82, 2.24) is 19.9 Å². The largest absolute Gasteiger partial charge is 0.369 e. The highest BCUT2D eigenvalue weighted by atomic mass is 32.2. The van der Waals surface area contributed by atoms with E-state index in [2.05, 4.69) is 29.5 Å². The van der Waals surface area contributed by atoms with Crippen molar-refractivity contribution >= 4 is 45.1 Å². The van der Waals surface area contributed by atoms with Crippen molar-refractivity contribution in [3.63, 3.8) is 0 Å². The standard InChI is InChI=1S/C30H37FN6S2/c1-5-20(17-38-22-9-10-23(31)18(3)15-22)11-13-33-28-26(19(4)35-30(37-28)34-16-21-7-8-21)29-36-27-24(6-2)32-14-12-25(27)39-29/h9-10,12,14-15,20-21H,5-8,11,13,16-17H2,1-4H3,(H2,33,34,35,37)/t20-/m0/s1. The monoisotopic (exact) mass is 564 g/mol. The lowest BCUT2D eigenvalue weighted by Gasteiger charge is -2.17. The number of thioether (sulfide) groups is 1. The Hall–Kier alpha value is -2.78. The molecule has 206 valence electrons. The first-order chi connectivity index (χ1) is 18.9. The number of halogens is 1. The van der Waals surface area contributed by atoms with Crippen LogP contribution in [0.1, 0.15) is 56.5 Å². The number of hydrogen-bond acceptors (Lipinski definition) is 8. The van der Waals surface area contributed by atoms with Crippen molar-refractivity contribution in [3.8, 4) is 10.6 Å². The molecule has 0 spiro atoms. The molecule has 0 amide bonds. The molecule has 2 N–H and O–H groups in total. The summed E-state index contributed by atoms with van der Waals surface area (Å²) in [5.41, 5.74) is 4.58. The first kappa shape index (κ1) is 27.8. The van der Waals surface area contributed by atoms with Gasteiger partial charge in [-0.15, -0.1) is 23.1 Å². The molecule has 6 nitrogen and oxygen atoms in total. The average Bonchev–Trinajstić information content (AvgIpc) is 3.67. The van der Waals surface area contributed by atoms with Crippen LogP contribution in [-0.4, -0.2) is 38.8 Å². The molecule has 3 heterocycles. The number of aryl methyl sites for hydroxylation is 3. The van der Waals surface area contributed by atoms with Gasteiger partial charge < -0.3 is 10.6 Å². The molecule has 3 aromatic heterocycles. The lowest BCUT2D eigenvalue weighted by molar-refractivity contribution is 0.540. The highest BCUT2D eigenvalue weighted by Crippen LogP contribution is 2.37. The molecule has 1 saturated carbocycles. The Kier molecular flexibility index (Phi) is 8.97. The molecule has 1 fully saturated rings. The SMILES string of the molecule is CCc1nccc2sc(-c3c(C)nc(NCC4CC4)nc3NCC[C@H](CC)CSc3ccc(F)c(C)c3)nc12. The molecule has 1 aromatic carbocycles. The van der Waals surface area contributed by atoms with E-state index in [-0.39, 0.29) is 5.82 Å². The first-order valence-corrected chi connectivity index (χ1v) is 15.7. The number of aromatic nitrogens is 4. The van der Waals surface area contributed by atoms with E-state index in [9.17, 15) is 4.39 Å². The number of anilines is 2. The number of benzene rings is 1. The van der Waals surface area contributed by atoms with E-state index in [1.165, 1.54) is 12.8 Å². The van der Waals surface area contributed by atoms with Crippen molar-refractivity contribution in [3.05, 3.63) is 53.2 Å². The lowest BCUT2D eigenvalue weighted by Crippen LogP contribution is -2.15.